The molecule has 2 heterocycles. The van der Waals surface area contributed by atoms with E-state index in [0.29, 0.717) is 5.69 Å². The number of ether oxygens (including phenoxy) is 1. The van der Waals surface area contributed by atoms with Crippen molar-refractivity contribution in [1.82, 2.24) is 9.97 Å². The van der Waals surface area contributed by atoms with Crippen molar-refractivity contribution in [1.29, 1.82) is 0 Å². The molecule has 6 heteroatoms. The summed E-state index contributed by atoms with van der Waals surface area (Å²) in [6.07, 6.45) is 4.26. The Labute approximate surface area is 164 Å². The Kier molecular flexibility index (Phi) is 4.93. The van der Waals surface area contributed by atoms with Gasteiger partial charge in [0.15, 0.2) is 5.82 Å². The van der Waals surface area contributed by atoms with E-state index in [1.165, 1.54) is 11.8 Å². The number of fused-ring (bicyclic) bond motifs is 1. The third kappa shape index (κ3) is 3.81. The van der Waals surface area contributed by atoms with Gasteiger partial charge < -0.3 is 15.0 Å². The first kappa shape index (κ1) is 18.0. The van der Waals surface area contributed by atoms with Crippen molar-refractivity contribution in [3.63, 3.8) is 0 Å². The first-order valence-corrected chi connectivity index (χ1v) is 9.36. The van der Waals surface area contributed by atoms with Crippen LogP contribution in [0.1, 0.15) is 29.9 Å². The Bertz CT molecular complexity index is 969. The summed E-state index contributed by atoms with van der Waals surface area (Å²) >= 11 is 0. The van der Waals surface area contributed by atoms with Gasteiger partial charge in [0.2, 0.25) is 0 Å². The zero-order valence-corrected chi connectivity index (χ0v) is 15.9. The predicted octanol–water partition coefficient (Wildman–Crippen LogP) is 4.21. The van der Waals surface area contributed by atoms with E-state index in [9.17, 15) is 4.79 Å². The van der Waals surface area contributed by atoms with Crippen LogP contribution in [0.2, 0.25) is 0 Å². The second kappa shape index (κ2) is 7.68. The minimum atomic E-state index is -0.293. The lowest BCUT2D eigenvalue weighted by Crippen LogP contribution is -2.18. The number of para-hydroxylation sites is 1. The van der Waals surface area contributed by atoms with Crippen molar-refractivity contribution in [3.05, 3.63) is 72.2 Å². The van der Waals surface area contributed by atoms with E-state index < -0.39 is 0 Å². The molecule has 0 spiro atoms. The van der Waals surface area contributed by atoms with Gasteiger partial charge in [-0.25, -0.2) is 9.97 Å². The highest BCUT2D eigenvalue weighted by atomic mass is 16.5. The average Bonchev–Trinajstić information content (AvgIpc) is 3.13. The quantitative estimate of drug-likeness (QED) is 0.725. The highest BCUT2D eigenvalue weighted by Gasteiger charge is 2.21. The molecule has 0 bridgehead atoms. The second-order valence-corrected chi connectivity index (χ2v) is 6.94. The number of carbonyl (C=O) groups excluding carboxylic acids is 1. The van der Waals surface area contributed by atoms with E-state index in [1.54, 1.807) is 18.3 Å². The molecule has 6 nitrogen and oxygen atoms in total. The summed E-state index contributed by atoms with van der Waals surface area (Å²) < 4.78 is 5.61. The number of nitrogens with one attached hydrogen (secondary N) is 1. The lowest BCUT2D eigenvalue weighted by molar-refractivity contribution is 0.102. The zero-order chi connectivity index (χ0) is 19.5. The molecule has 1 N–H and O–H groups in total. The topological polar surface area (TPSA) is 67.3 Å². The van der Waals surface area contributed by atoms with Crippen molar-refractivity contribution in [3.8, 4) is 5.75 Å². The van der Waals surface area contributed by atoms with E-state index in [1.807, 2.05) is 38.1 Å². The zero-order valence-electron chi connectivity index (χ0n) is 15.9. The Morgan fingerprint density at radius 2 is 1.86 bits per heavy atom. The Hall–Kier alpha value is -3.41. The molecule has 1 amide bonds. The Morgan fingerprint density at radius 1 is 1.07 bits per heavy atom. The number of hydrogen-bond acceptors (Lipinski definition) is 5. The second-order valence-electron chi connectivity index (χ2n) is 6.94. The van der Waals surface area contributed by atoms with Crippen LogP contribution >= 0.6 is 0 Å². The molecule has 3 aromatic rings. The van der Waals surface area contributed by atoms with Gasteiger partial charge in [-0.3, -0.25) is 4.79 Å². The molecular weight excluding hydrogens is 352 g/mol. The van der Waals surface area contributed by atoms with Crippen molar-refractivity contribution in [2.45, 2.75) is 26.4 Å². The van der Waals surface area contributed by atoms with E-state index in [0.717, 1.165) is 30.2 Å². The molecule has 0 fully saturated rings. The number of rotatable bonds is 5. The molecule has 0 unspecified atom stereocenters. The molecule has 0 saturated carbocycles. The lowest BCUT2D eigenvalue weighted by Gasteiger charge is -2.17. The number of anilines is 3. The summed E-state index contributed by atoms with van der Waals surface area (Å²) in [6, 6.07) is 15.5. The molecule has 2 aromatic carbocycles. The molecule has 0 aliphatic carbocycles. The fourth-order valence-corrected chi connectivity index (χ4v) is 3.24. The normalized spacial score (nSPS) is 12.8. The molecule has 28 heavy (non-hydrogen) atoms. The number of benzene rings is 2. The van der Waals surface area contributed by atoms with Gasteiger partial charge in [0.25, 0.3) is 5.91 Å². The summed E-state index contributed by atoms with van der Waals surface area (Å²) in [4.78, 5) is 23.3. The smallest absolute Gasteiger partial charge is 0.275 e. The maximum Gasteiger partial charge on any atom is 0.275 e. The van der Waals surface area contributed by atoms with Gasteiger partial charge in [-0.1, -0.05) is 18.2 Å². The largest absolute Gasteiger partial charge is 0.491 e. The first-order valence-electron chi connectivity index (χ1n) is 9.36. The summed E-state index contributed by atoms with van der Waals surface area (Å²) in [5, 5.41) is 2.83. The SMILES string of the molecule is CC(C)Oc1ccc(NC(=O)c2cnc(N3CCc4ccccc43)cn2)cc1. The number of aromatic nitrogens is 2. The van der Waals surface area contributed by atoms with Gasteiger partial charge in [-0.15, -0.1) is 0 Å². The van der Waals surface area contributed by atoms with E-state index in [-0.39, 0.29) is 17.7 Å². The van der Waals surface area contributed by atoms with Crippen molar-refractivity contribution < 1.29 is 9.53 Å². The third-order valence-electron chi connectivity index (χ3n) is 4.52. The molecule has 0 radical (unpaired) electrons. The summed E-state index contributed by atoms with van der Waals surface area (Å²) in [5.74, 6) is 1.22. The third-order valence-corrected chi connectivity index (χ3v) is 4.52. The average molecular weight is 374 g/mol. The van der Waals surface area contributed by atoms with Crippen LogP contribution in [-0.4, -0.2) is 28.5 Å². The fraction of sp³-hybridized carbons (Fsp3) is 0.227. The standard InChI is InChI=1S/C22H22N4O2/c1-15(2)28-18-9-7-17(8-10-18)25-22(27)19-13-24-21(14-23-19)26-12-11-16-5-3-4-6-20(16)26/h3-10,13-15H,11-12H2,1-2H3,(H,25,27). The maximum atomic E-state index is 12.4. The number of hydrogen-bond donors (Lipinski definition) is 1. The van der Waals surface area contributed by atoms with Gasteiger partial charge in [-0.05, 0) is 56.2 Å². The van der Waals surface area contributed by atoms with Crippen LogP contribution in [0.15, 0.2) is 60.9 Å². The monoisotopic (exact) mass is 374 g/mol. The Morgan fingerprint density at radius 3 is 2.57 bits per heavy atom. The van der Waals surface area contributed by atoms with Crippen LogP contribution in [0.25, 0.3) is 0 Å². The Balaban J connectivity index is 1.43. The number of nitrogens with zero attached hydrogens (tertiary/aromatic N) is 3. The summed E-state index contributed by atoms with van der Waals surface area (Å²) in [6.45, 7) is 4.81. The van der Waals surface area contributed by atoms with E-state index in [4.69, 9.17) is 4.74 Å². The van der Waals surface area contributed by atoms with Crippen LogP contribution in [0.3, 0.4) is 0 Å². The van der Waals surface area contributed by atoms with Crippen LogP contribution in [0.4, 0.5) is 17.2 Å². The summed E-state index contributed by atoms with van der Waals surface area (Å²) in [5.41, 5.74) is 3.41. The highest BCUT2D eigenvalue weighted by Crippen LogP contribution is 2.32. The molecule has 0 saturated heterocycles. The van der Waals surface area contributed by atoms with Crippen LogP contribution in [0.5, 0.6) is 5.75 Å². The lowest BCUT2D eigenvalue weighted by atomic mass is 10.2. The first-order chi connectivity index (χ1) is 13.6. The van der Waals surface area contributed by atoms with Crippen molar-refractivity contribution >= 4 is 23.1 Å². The molecule has 1 aliphatic rings. The molecule has 0 atom stereocenters. The highest BCUT2D eigenvalue weighted by molar-refractivity contribution is 6.02. The number of carbonyl (C=O) groups is 1. The molecule has 1 aliphatic heterocycles. The van der Waals surface area contributed by atoms with E-state index >= 15 is 0 Å². The van der Waals surface area contributed by atoms with Crippen molar-refractivity contribution in [2.75, 3.05) is 16.8 Å². The van der Waals surface area contributed by atoms with Gasteiger partial charge in [-0.2, -0.15) is 0 Å². The minimum Gasteiger partial charge on any atom is -0.491 e. The molecule has 142 valence electrons. The predicted molar refractivity (Wildman–Crippen MR) is 109 cm³/mol. The van der Waals surface area contributed by atoms with Gasteiger partial charge in [0.1, 0.15) is 11.4 Å². The van der Waals surface area contributed by atoms with Crippen LogP contribution in [0, 0.1) is 0 Å². The van der Waals surface area contributed by atoms with Crippen molar-refractivity contribution in [2.24, 2.45) is 0 Å². The molecular formula is C22H22N4O2. The molecule has 1 aromatic heterocycles. The van der Waals surface area contributed by atoms with Crippen LogP contribution in [-0.2, 0) is 6.42 Å². The van der Waals surface area contributed by atoms with Crippen LogP contribution < -0.4 is 15.0 Å². The maximum absolute atomic E-state index is 12.4. The number of amides is 1. The van der Waals surface area contributed by atoms with Gasteiger partial charge in [0, 0.05) is 17.9 Å². The van der Waals surface area contributed by atoms with Gasteiger partial charge >= 0.3 is 0 Å². The minimum absolute atomic E-state index is 0.108. The van der Waals surface area contributed by atoms with E-state index in [2.05, 4.69) is 32.3 Å². The fourth-order valence-electron chi connectivity index (χ4n) is 3.24. The molecule has 4 rings (SSSR count). The van der Waals surface area contributed by atoms with Gasteiger partial charge in [0.05, 0.1) is 18.5 Å². The summed E-state index contributed by atoms with van der Waals surface area (Å²) in [7, 11) is 0.